The molecule has 0 saturated carbocycles. The molecular formula is C18H23NO3S. The lowest BCUT2D eigenvalue weighted by molar-refractivity contribution is 0.0300. The fourth-order valence-electron chi connectivity index (χ4n) is 2.27. The van der Waals surface area contributed by atoms with Crippen LogP contribution in [0, 0.1) is 19.3 Å². The van der Waals surface area contributed by atoms with Crippen molar-refractivity contribution in [1.82, 2.24) is 4.31 Å². The van der Waals surface area contributed by atoms with Crippen molar-refractivity contribution in [2.45, 2.75) is 30.3 Å². The fraction of sp³-hybridized carbons (Fsp3) is 0.333. The van der Waals surface area contributed by atoms with Crippen LogP contribution in [-0.4, -0.2) is 36.5 Å². The van der Waals surface area contributed by atoms with Gasteiger partial charge in [0, 0.05) is 6.54 Å². The zero-order chi connectivity index (χ0) is 17.5. The molecule has 0 aliphatic rings. The maximum absolute atomic E-state index is 12.8. The highest BCUT2D eigenvalue weighted by Crippen LogP contribution is 2.23. The standard InChI is InChI=1S/C18H23NO3S/c1-5-12-18(20,13-6-2)15-19(14-7-3)23(21,22)17-10-8-16(4)9-11-17/h3,5-6,8-11,20H,1-2,12-15H2,4H3. The summed E-state index contributed by atoms with van der Waals surface area (Å²) in [6.45, 7) is 8.86. The van der Waals surface area contributed by atoms with E-state index < -0.39 is 15.6 Å². The zero-order valence-electron chi connectivity index (χ0n) is 13.4. The van der Waals surface area contributed by atoms with Gasteiger partial charge in [0.1, 0.15) is 0 Å². The minimum atomic E-state index is -3.79. The molecule has 1 aromatic rings. The number of rotatable bonds is 9. The van der Waals surface area contributed by atoms with Crippen LogP contribution >= 0.6 is 0 Å². The van der Waals surface area contributed by atoms with E-state index in [0.29, 0.717) is 0 Å². The summed E-state index contributed by atoms with van der Waals surface area (Å²) in [5, 5.41) is 10.6. The maximum atomic E-state index is 12.8. The zero-order valence-corrected chi connectivity index (χ0v) is 14.2. The monoisotopic (exact) mass is 333 g/mol. The van der Waals surface area contributed by atoms with Gasteiger partial charge in [0.2, 0.25) is 10.0 Å². The molecule has 0 aliphatic carbocycles. The predicted molar refractivity (Wildman–Crippen MR) is 93.3 cm³/mol. The molecule has 0 spiro atoms. The van der Waals surface area contributed by atoms with Gasteiger partial charge in [-0.2, -0.15) is 4.31 Å². The van der Waals surface area contributed by atoms with Crippen LogP contribution in [0.1, 0.15) is 18.4 Å². The molecule has 5 heteroatoms. The average molecular weight is 333 g/mol. The summed E-state index contributed by atoms with van der Waals surface area (Å²) in [5.41, 5.74) is -0.319. The van der Waals surface area contributed by atoms with Gasteiger partial charge >= 0.3 is 0 Å². The summed E-state index contributed by atoms with van der Waals surface area (Å²) in [4.78, 5) is 0.151. The largest absolute Gasteiger partial charge is 0.388 e. The van der Waals surface area contributed by atoms with Gasteiger partial charge in [-0.25, -0.2) is 8.42 Å². The number of hydrogen-bond acceptors (Lipinski definition) is 3. The molecule has 0 fully saturated rings. The van der Waals surface area contributed by atoms with E-state index >= 15 is 0 Å². The van der Waals surface area contributed by atoms with Crippen LogP contribution in [0.25, 0.3) is 0 Å². The van der Waals surface area contributed by atoms with E-state index in [-0.39, 0.29) is 30.8 Å². The third-order valence-corrected chi connectivity index (χ3v) is 5.25. The lowest BCUT2D eigenvalue weighted by Gasteiger charge is -2.31. The van der Waals surface area contributed by atoms with Crippen molar-refractivity contribution in [3.8, 4) is 12.3 Å². The highest BCUT2D eigenvalue weighted by atomic mass is 32.2. The molecule has 1 N–H and O–H groups in total. The lowest BCUT2D eigenvalue weighted by atomic mass is 9.95. The number of hydrogen-bond donors (Lipinski definition) is 1. The Labute approximate surface area is 139 Å². The molecule has 0 atom stereocenters. The van der Waals surface area contributed by atoms with Crippen molar-refractivity contribution in [1.29, 1.82) is 0 Å². The van der Waals surface area contributed by atoms with Gasteiger partial charge in [0.05, 0.1) is 17.0 Å². The van der Waals surface area contributed by atoms with E-state index in [9.17, 15) is 13.5 Å². The van der Waals surface area contributed by atoms with Gasteiger partial charge in [0.25, 0.3) is 0 Å². The third-order valence-electron chi connectivity index (χ3n) is 3.45. The summed E-state index contributed by atoms with van der Waals surface area (Å²) in [5.74, 6) is 2.35. The number of benzene rings is 1. The van der Waals surface area contributed by atoms with Crippen LogP contribution in [0.2, 0.25) is 0 Å². The first-order chi connectivity index (χ1) is 10.8. The number of nitrogens with zero attached hydrogens (tertiary/aromatic N) is 1. The summed E-state index contributed by atoms with van der Waals surface area (Å²) in [6.07, 6.45) is 8.90. The highest BCUT2D eigenvalue weighted by molar-refractivity contribution is 7.89. The van der Waals surface area contributed by atoms with Crippen LogP contribution in [-0.2, 0) is 10.0 Å². The van der Waals surface area contributed by atoms with Crippen molar-refractivity contribution in [2.24, 2.45) is 0 Å². The van der Waals surface area contributed by atoms with E-state index in [4.69, 9.17) is 6.42 Å². The van der Waals surface area contributed by atoms with Gasteiger partial charge in [-0.1, -0.05) is 35.8 Å². The van der Waals surface area contributed by atoms with E-state index in [1.54, 1.807) is 24.3 Å². The van der Waals surface area contributed by atoms with Gasteiger partial charge in [-0.15, -0.1) is 19.6 Å². The Morgan fingerprint density at radius 3 is 2.22 bits per heavy atom. The predicted octanol–water partition coefficient (Wildman–Crippen LogP) is 2.50. The number of aliphatic hydroxyl groups is 1. The van der Waals surface area contributed by atoms with E-state index in [0.717, 1.165) is 9.87 Å². The lowest BCUT2D eigenvalue weighted by Crippen LogP contribution is -2.45. The molecule has 23 heavy (non-hydrogen) atoms. The van der Waals surface area contributed by atoms with Crippen LogP contribution in [0.15, 0.2) is 54.5 Å². The van der Waals surface area contributed by atoms with Crippen LogP contribution in [0.5, 0.6) is 0 Å². The first kappa shape index (κ1) is 19.2. The van der Waals surface area contributed by atoms with Gasteiger partial charge in [0.15, 0.2) is 0 Å². The molecule has 0 unspecified atom stereocenters. The molecule has 0 heterocycles. The van der Waals surface area contributed by atoms with Crippen molar-refractivity contribution >= 4 is 10.0 Å². The molecule has 1 rings (SSSR count). The van der Waals surface area contributed by atoms with Gasteiger partial charge < -0.3 is 5.11 Å². The van der Waals surface area contributed by atoms with Gasteiger partial charge in [-0.3, -0.25) is 0 Å². The van der Waals surface area contributed by atoms with E-state index in [2.05, 4.69) is 19.1 Å². The smallest absolute Gasteiger partial charge is 0.244 e. The summed E-state index contributed by atoms with van der Waals surface area (Å²) in [7, 11) is -3.79. The molecule has 4 nitrogen and oxygen atoms in total. The third kappa shape index (κ3) is 5.07. The quantitative estimate of drug-likeness (QED) is 0.558. The summed E-state index contributed by atoms with van der Waals surface area (Å²) >= 11 is 0. The number of terminal acetylenes is 1. The second kappa shape index (κ2) is 8.11. The van der Waals surface area contributed by atoms with Crippen LogP contribution in [0.4, 0.5) is 0 Å². The van der Waals surface area contributed by atoms with Gasteiger partial charge in [-0.05, 0) is 31.9 Å². The van der Waals surface area contributed by atoms with Crippen molar-refractivity contribution in [3.63, 3.8) is 0 Å². The van der Waals surface area contributed by atoms with E-state index in [1.165, 1.54) is 12.1 Å². The maximum Gasteiger partial charge on any atom is 0.244 e. The molecule has 124 valence electrons. The number of sulfonamides is 1. The minimum Gasteiger partial charge on any atom is -0.388 e. The van der Waals surface area contributed by atoms with Crippen LogP contribution < -0.4 is 0 Å². The minimum absolute atomic E-state index is 0.118. The van der Waals surface area contributed by atoms with E-state index in [1.807, 2.05) is 6.92 Å². The molecule has 0 radical (unpaired) electrons. The number of aryl methyl sites for hydroxylation is 1. The summed E-state index contributed by atoms with van der Waals surface area (Å²) in [6, 6.07) is 6.52. The van der Waals surface area contributed by atoms with Crippen molar-refractivity contribution < 1.29 is 13.5 Å². The molecule has 0 aliphatic heterocycles. The topological polar surface area (TPSA) is 57.6 Å². The Morgan fingerprint density at radius 1 is 1.26 bits per heavy atom. The normalized spacial score (nSPS) is 11.9. The molecule has 0 aromatic heterocycles. The highest BCUT2D eigenvalue weighted by Gasteiger charge is 2.33. The second-order valence-electron chi connectivity index (χ2n) is 5.50. The molecule has 0 bridgehead atoms. The molecule has 0 saturated heterocycles. The van der Waals surface area contributed by atoms with Crippen LogP contribution in [0.3, 0.4) is 0 Å². The Bertz CT molecular complexity index is 674. The molecule has 0 amide bonds. The summed E-state index contributed by atoms with van der Waals surface area (Å²) < 4.78 is 26.7. The first-order valence-electron chi connectivity index (χ1n) is 7.23. The average Bonchev–Trinajstić information content (AvgIpc) is 2.47. The fourth-order valence-corrected chi connectivity index (χ4v) is 3.70. The van der Waals surface area contributed by atoms with Crippen molar-refractivity contribution in [3.05, 3.63) is 55.1 Å². The molecular weight excluding hydrogens is 310 g/mol. The first-order valence-corrected chi connectivity index (χ1v) is 8.67. The Balaban J connectivity index is 3.18. The Morgan fingerprint density at radius 2 is 1.78 bits per heavy atom. The SMILES string of the molecule is C#CCN(CC(O)(CC=C)CC=C)S(=O)(=O)c1ccc(C)cc1. The second-order valence-corrected chi connectivity index (χ2v) is 7.44. The Kier molecular flexibility index (Phi) is 6.77. The Hall–Kier alpha value is -1.87. The van der Waals surface area contributed by atoms with Crippen molar-refractivity contribution in [2.75, 3.05) is 13.1 Å². The molecule has 1 aromatic carbocycles.